The highest BCUT2D eigenvalue weighted by molar-refractivity contribution is 5.79. The molecule has 1 aromatic heterocycles. The number of ether oxygens (including phenoxy) is 2. The van der Waals surface area contributed by atoms with Crippen LogP contribution in [0, 0.1) is 0 Å². The highest BCUT2D eigenvalue weighted by Crippen LogP contribution is 2.16. The van der Waals surface area contributed by atoms with E-state index in [9.17, 15) is 0 Å². The van der Waals surface area contributed by atoms with Crippen molar-refractivity contribution in [3.05, 3.63) is 12.2 Å². The third-order valence-electron chi connectivity index (χ3n) is 4.75. The van der Waals surface area contributed by atoms with Gasteiger partial charge in [0.2, 0.25) is 0 Å². The minimum atomic E-state index is -0.0106. The lowest BCUT2D eigenvalue weighted by atomic mass is 10.0. The van der Waals surface area contributed by atoms with Gasteiger partial charge in [-0.15, -0.1) is 10.2 Å². The first-order valence-corrected chi connectivity index (χ1v) is 9.77. The Morgan fingerprint density at radius 1 is 1.30 bits per heavy atom. The molecule has 0 unspecified atom stereocenters. The lowest BCUT2D eigenvalue weighted by Gasteiger charge is -2.39. The monoisotopic (exact) mass is 381 g/mol. The molecule has 0 amide bonds. The predicted octanol–water partition coefficient (Wildman–Crippen LogP) is 0.133. The molecule has 154 valence electrons. The van der Waals surface area contributed by atoms with Gasteiger partial charge in [0.15, 0.2) is 5.96 Å². The maximum atomic E-state index is 5.46. The van der Waals surface area contributed by atoms with Gasteiger partial charge in [-0.2, -0.15) is 0 Å². The number of morpholine rings is 1. The van der Waals surface area contributed by atoms with E-state index in [4.69, 9.17) is 14.5 Å². The van der Waals surface area contributed by atoms with Crippen LogP contribution in [0.15, 0.2) is 11.3 Å². The van der Waals surface area contributed by atoms with Crippen LogP contribution in [0.1, 0.15) is 26.6 Å². The van der Waals surface area contributed by atoms with Crippen molar-refractivity contribution < 1.29 is 9.47 Å². The van der Waals surface area contributed by atoms with E-state index >= 15 is 0 Å². The van der Waals surface area contributed by atoms with Crippen LogP contribution < -0.4 is 10.6 Å². The highest BCUT2D eigenvalue weighted by Gasteiger charge is 2.28. The molecule has 2 rings (SSSR count). The summed E-state index contributed by atoms with van der Waals surface area (Å²) >= 11 is 0. The Balaban J connectivity index is 1.90. The average molecular weight is 382 g/mol. The van der Waals surface area contributed by atoms with Gasteiger partial charge in [0.05, 0.1) is 26.4 Å². The maximum Gasteiger partial charge on any atom is 0.191 e. The molecule has 0 atom stereocenters. The first kappa shape index (κ1) is 21.6. The van der Waals surface area contributed by atoms with Crippen molar-refractivity contribution in [2.45, 2.75) is 39.3 Å². The molecule has 1 fully saturated rings. The Hall–Kier alpha value is -1.71. The Morgan fingerprint density at radius 3 is 2.74 bits per heavy atom. The number of aryl methyl sites for hydroxylation is 1. The predicted molar refractivity (Wildman–Crippen MR) is 106 cm³/mol. The summed E-state index contributed by atoms with van der Waals surface area (Å²) in [6.07, 6.45) is 2.65. The number of rotatable bonds is 10. The maximum absolute atomic E-state index is 5.46. The molecule has 1 aromatic rings. The van der Waals surface area contributed by atoms with Gasteiger partial charge >= 0.3 is 0 Å². The second-order valence-corrected chi connectivity index (χ2v) is 7.22. The van der Waals surface area contributed by atoms with Crippen LogP contribution in [0.5, 0.6) is 0 Å². The number of hydrogen-bond donors (Lipinski definition) is 2. The fraction of sp³-hybridized carbons (Fsp3) is 0.833. The summed E-state index contributed by atoms with van der Waals surface area (Å²) in [7, 11) is 1.70. The first-order valence-electron chi connectivity index (χ1n) is 9.77. The number of methoxy groups -OCH3 is 1. The highest BCUT2D eigenvalue weighted by atomic mass is 16.5. The van der Waals surface area contributed by atoms with Crippen molar-refractivity contribution in [3.8, 4) is 0 Å². The van der Waals surface area contributed by atoms with E-state index in [0.29, 0.717) is 19.7 Å². The summed E-state index contributed by atoms with van der Waals surface area (Å²) in [5.41, 5.74) is -0.0106. The van der Waals surface area contributed by atoms with Gasteiger partial charge in [0.1, 0.15) is 12.2 Å². The third-order valence-corrected chi connectivity index (χ3v) is 4.75. The molecule has 0 bridgehead atoms. The van der Waals surface area contributed by atoms with Crippen LogP contribution in [-0.4, -0.2) is 90.8 Å². The minimum absolute atomic E-state index is 0.0106. The van der Waals surface area contributed by atoms with E-state index in [1.807, 2.05) is 0 Å². The number of hydrogen-bond acceptors (Lipinski definition) is 6. The standard InChI is InChI=1S/C18H35N7O2/c1-5-16-23-22-15-24(16)8-6-19-17(20-7-11-26-4)21-14-18(2,3)25-9-12-27-13-10-25/h15H,5-14H2,1-4H3,(H2,19,20,21). The lowest BCUT2D eigenvalue weighted by molar-refractivity contribution is -0.00684. The number of nitrogens with one attached hydrogen (secondary N) is 2. The van der Waals surface area contributed by atoms with Crippen molar-refractivity contribution in [3.63, 3.8) is 0 Å². The molecule has 2 heterocycles. The zero-order valence-electron chi connectivity index (χ0n) is 17.2. The van der Waals surface area contributed by atoms with Crippen LogP contribution in [-0.2, 0) is 22.4 Å². The number of aromatic nitrogens is 3. The molecule has 27 heavy (non-hydrogen) atoms. The Kier molecular flexibility index (Phi) is 8.96. The SMILES string of the molecule is CCc1nncn1CCNC(=NCC(C)(C)N1CCOCC1)NCCOC. The molecule has 9 heteroatoms. The van der Waals surface area contributed by atoms with Crippen LogP contribution in [0.3, 0.4) is 0 Å². The Labute approximate surface area is 162 Å². The summed E-state index contributed by atoms with van der Waals surface area (Å²) in [5.74, 6) is 1.80. The fourth-order valence-corrected chi connectivity index (χ4v) is 3.02. The summed E-state index contributed by atoms with van der Waals surface area (Å²) in [6, 6.07) is 0. The molecule has 0 radical (unpaired) electrons. The number of guanidine groups is 1. The van der Waals surface area contributed by atoms with Crippen molar-refractivity contribution >= 4 is 5.96 Å². The van der Waals surface area contributed by atoms with Crippen LogP contribution in [0.25, 0.3) is 0 Å². The normalized spacial score (nSPS) is 16.5. The smallest absolute Gasteiger partial charge is 0.191 e. The molecule has 0 saturated carbocycles. The van der Waals surface area contributed by atoms with Gasteiger partial charge in [-0.3, -0.25) is 9.89 Å². The van der Waals surface area contributed by atoms with Crippen LogP contribution in [0.4, 0.5) is 0 Å². The molecule has 0 aromatic carbocycles. The fourth-order valence-electron chi connectivity index (χ4n) is 3.02. The zero-order chi connectivity index (χ0) is 19.5. The van der Waals surface area contributed by atoms with E-state index in [-0.39, 0.29) is 5.54 Å². The molecule has 2 N–H and O–H groups in total. The van der Waals surface area contributed by atoms with Gasteiger partial charge in [-0.05, 0) is 13.8 Å². The van der Waals surface area contributed by atoms with Gasteiger partial charge in [0, 0.05) is 51.8 Å². The summed E-state index contributed by atoms with van der Waals surface area (Å²) < 4.78 is 12.7. The quantitative estimate of drug-likeness (QED) is 0.338. The van der Waals surface area contributed by atoms with Crippen molar-refractivity contribution in [1.29, 1.82) is 0 Å². The van der Waals surface area contributed by atoms with Gasteiger partial charge < -0.3 is 24.7 Å². The molecule has 1 aliphatic rings. The zero-order valence-corrected chi connectivity index (χ0v) is 17.2. The Bertz CT molecular complexity index is 568. The second kappa shape index (κ2) is 11.2. The van der Waals surface area contributed by atoms with E-state index in [2.05, 4.69) is 51.1 Å². The largest absolute Gasteiger partial charge is 0.383 e. The molecular formula is C18H35N7O2. The summed E-state index contributed by atoms with van der Waals surface area (Å²) in [5, 5.41) is 14.8. The van der Waals surface area contributed by atoms with Crippen LogP contribution in [0.2, 0.25) is 0 Å². The first-order chi connectivity index (χ1) is 13.1. The van der Waals surface area contributed by atoms with E-state index in [1.165, 1.54) is 0 Å². The molecule has 1 aliphatic heterocycles. The van der Waals surface area contributed by atoms with Gasteiger partial charge in [0.25, 0.3) is 0 Å². The molecule has 0 aliphatic carbocycles. The molecule has 1 saturated heterocycles. The second-order valence-electron chi connectivity index (χ2n) is 7.22. The van der Waals surface area contributed by atoms with Crippen molar-refractivity contribution in [2.24, 2.45) is 4.99 Å². The lowest BCUT2D eigenvalue weighted by Crippen LogP contribution is -2.52. The summed E-state index contributed by atoms with van der Waals surface area (Å²) in [4.78, 5) is 7.26. The third kappa shape index (κ3) is 7.08. The molecule has 9 nitrogen and oxygen atoms in total. The van der Waals surface area contributed by atoms with E-state index in [1.54, 1.807) is 13.4 Å². The number of aliphatic imine (C=N–C) groups is 1. The number of nitrogens with zero attached hydrogens (tertiary/aromatic N) is 5. The summed E-state index contributed by atoms with van der Waals surface area (Å²) in [6.45, 7) is 13.7. The molecular weight excluding hydrogens is 346 g/mol. The minimum Gasteiger partial charge on any atom is -0.383 e. The van der Waals surface area contributed by atoms with E-state index in [0.717, 1.165) is 57.6 Å². The van der Waals surface area contributed by atoms with Gasteiger partial charge in [-0.25, -0.2) is 0 Å². The van der Waals surface area contributed by atoms with E-state index < -0.39 is 0 Å². The van der Waals surface area contributed by atoms with Crippen molar-refractivity contribution in [2.75, 3.05) is 59.7 Å². The topological polar surface area (TPSA) is 88.8 Å². The average Bonchev–Trinajstić information content (AvgIpc) is 3.14. The van der Waals surface area contributed by atoms with Gasteiger partial charge in [-0.1, -0.05) is 6.92 Å². The van der Waals surface area contributed by atoms with Crippen molar-refractivity contribution in [1.82, 2.24) is 30.3 Å². The molecule has 0 spiro atoms. The van der Waals surface area contributed by atoms with Crippen LogP contribution >= 0.6 is 0 Å². The Morgan fingerprint density at radius 2 is 2.04 bits per heavy atom.